The number of nitrogens with one attached hydrogen (secondary N) is 2. The van der Waals surface area contributed by atoms with Crippen LogP contribution in [0.25, 0.3) is 32.9 Å². The molecule has 1 aromatic carbocycles. The van der Waals surface area contributed by atoms with Gasteiger partial charge in [0.05, 0.1) is 29.5 Å². The van der Waals surface area contributed by atoms with Crippen molar-refractivity contribution >= 4 is 27.6 Å². The first kappa shape index (κ1) is 18.8. The van der Waals surface area contributed by atoms with Crippen LogP contribution >= 0.6 is 0 Å². The largest absolute Gasteiger partial charge is 0.360 e. The van der Waals surface area contributed by atoms with Gasteiger partial charge in [-0.3, -0.25) is 9.48 Å². The minimum atomic E-state index is -0.121. The van der Waals surface area contributed by atoms with E-state index in [4.69, 9.17) is 0 Å². The lowest BCUT2D eigenvalue weighted by Gasteiger charge is -2.22. The zero-order valence-corrected chi connectivity index (χ0v) is 17.9. The number of nitrogens with zero attached hydrogens (tertiary/aromatic N) is 5. The maximum Gasteiger partial charge on any atom is 0.259 e. The van der Waals surface area contributed by atoms with Crippen molar-refractivity contribution in [3.8, 4) is 11.1 Å². The number of fused-ring (bicyclic) bond motifs is 2. The second kappa shape index (κ2) is 7.05. The molecule has 0 unspecified atom stereocenters. The van der Waals surface area contributed by atoms with Crippen LogP contribution < -0.4 is 10.9 Å². The highest BCUT2D eigenvalue weighted by Gasteiger charge is 2.30. The number of imidazole rings is 1. The molecule has 8 nitrogen and oxygen atoms in total. The molecule has 1 fully saturated rings. The Morgan fingerprint density at radius 3 is 2.88 bits per heavy atom. The third kappa shape index (κ3) is 2.98. The molecule has 4 heterocycles. The Labute approximate surface area is 183 Å². The normalized spacial score (nSPS) is 14.8. The second-order valence-electron chi connectivity index (χ2n) is 8.47. The van der Waals surface area contributed by atoms with Gasteiger partial charge in [0.25, 0.3) is 5.56 Å². The van der Waals surface area contributed by atoms with Gasteiger partial charge in [0.2, 0.25) is 0 Å². The van der Waals surface area contributed by atoms with Crippen molar-refractivity contribution in [3.05, 3.63) is 71.3 Å². The molecule has 0 amide bonds. The van der Waals surface area contributed by atoms with Gasteiger partial charge in [-0.1, -0.05) is 18.2 Å². The third-order valence-corrected chi connectivity index (χ3v) is 6.17. The Kier molecular flexibility index (Phi) is 4.14. The fourth-order valence-electron chi connectivity index (χ4n) is 4.49. The molecule has 160 valence electrons. The van der Waals surface area contributed by atoms with E-state index in [1.165, 1.54) is 0 Å². The monoisotopic (exact) mass is 425 g/mol. The Morgan fingerprint density at radius 1 is 1.22 bits per heavy atom. The standard InChI is InChI=1S/C24H23N7O/c1-14(29-23-22-19(8-9-25-23)26-13-27-22)20-10-15-4-3-5-18(16-11-28-30(2)12-16)21(15)24(32)31(20)17-6-7-17/h3-5,8-14,17H,6-7H2,1-2H3,(H,25,29)(H,26,27)/t14-/m0/s1. The van der Waals surface area contributed by atoms with Crippen molar-refractivity contribution in [1.29, 1.82) is 0 Å². The topological polar surface area (TPSA) is 93.4 Å². The Bertz CT molecular complexity index is 1520. The molecule has 1 atom stereocenters. The molecule has 8 heteroatoms. The summed E-state index contributed by atoms with van der Waals surface area (Å²) in [5, 5.41) is 9.46. The predicted molar refractivity (Wildman–Crippen MR) is 125 cm³/mol. The smallest absolute Gasteiger partial charge is 0.259 e. The third-order valence-electron chi connectivity index (χ3n) is 6.17. The first-order valence-corrected chi connectivity index (χ1v) is 10.8. The van der Waals surface area contributed by atoms with E-state index in [-0.39, 0.29) is 17.6 Å². The summed E-state index contributed by atoms with van der Waals surface area (Å²) in [6.45, 7) is 2.07. The molecule has 0 bridgehead atoms. The Hall–Kier alpha value is -3.94. The average Bonchev–Trinajstić information content (AvgIpc) is 3.33. The SMILES string of the molecule is C[C@H](Nc1nccc2[nH]cnc12)c1cc2cccc(-c3cnn(C)c3)c2c(=O)n1C1CC1. The number of aryl methyl sites for hydroxylation is 1. The number of hydrogen-bond acceptors (Lipinski definition) is 5. The molecule has 1 aliphatic rings. The molecule has 1 saturated carbocycles. The molecular weight excluding hydrogens is 402 g/mol. The number of aromatic nitrogens is 6. The second-order valence-corrected chi connectivity index (χ2v) is 8.47. The van der Waals surface area contributed by atoms with Crippen LogP contribution in [0.4, 0.5) is 5.82 Å². The van der Waals surface area contributed by atoms with Crippen LogP contribution in [-0.2, 0) is 7.05 Å². The highest BCUT2D eigenvalue weighted by atomic mass is 16.1. The summed E-state index contributed by atoms with van der Waals surface area (Å²) in [5.41, 5.74) is 4.60. The van der Waals surface area contributed by atoms with Gasteiger partial charge in [-0.15, -0.1) is 0 Å². The number of H-pyrrole nitrogens is 1. The molecule has 0 saturated heterocycles. The van der Waals surface area contributed by atoms with Crippen molar-refractivity contribution in [1.82, 2.24) is 29.3 Å². The maximum atomic E-state index is 13.8. The van der Waals surface area contributed by atoms with Crippen LogP contribution in [0, 0.1) is 0 Å². The van der Waals surface area contributed by atoms with Crippen molar-refractivity contribution in [3.63, 3.8) is 0 Å². The zero-order valence-electron chi connectivity index (χ0n) is 17.9. The van der Waals surface area contributed by atoms with E-state index in [1.807, 2.05) is 48.3 Å². The van der Waals surface area contributed by atoms with Gasteiger partial charge in [-0.05, 0) is 42.8 Å². The number of anilines is 1. The molecule has 32 heavy (non-hydrogen) atoms. The highest BCUT2D eigenvalue weighted by molar-refractivity contribution is 5.96. The van der Waals surface area contributed by atoms with Crippen LogP contribution in [0.15, 0.2) is 60.0 Å². The van der Waals surface area contributed by atoms with Crippen LogP contribution in [0.1, 0.15) is 37.5 Å². The van der Waals surface area contributed by atoms with Gasteiger partial charge in [-0.25, -0.2) is 9.97 Å². The first-order chi connectivity index (χ1) is 15.6. The van der Waals surface area contributed by atoms with Gasteiger partial charge in [0.15, 0.2) is 5.82 Å². The summed E-state index contributed by atoms with van der Waals surface area (Å²) in [5.74, 6) is 0.704. The molecule has 6 rings (SSSR count). The number of rotatable bonds is 5. The van der Waals surface area contributed by atoms with E-state index in [2.05, 4.69) is 38.4 Å². The quantitative estimate of drug-likeness (QED) is 0.441. The van der Waals surface area contributed by atoms with Crippen LogP contribution in [-0.4, -0.2) is 29.3 Å². The van der Waals surface area contributed by atoms with Crippen LogP contribution in [0.3, 0.4) is 0 Å². The van der Waals surface area contributed by atoms with E-state index < -0.39 is 0 Å². The number of benzene rings is 1. The molecule has 0 spiro atoms. The minimum Gasteiger partial charge on any atom is -0.360 e. The summed E-state index contributed by atoms with van der Waals surface area (Å²) < 4.78 is 3.74. The van der Waals surface area contributed by atoms with Gasteiger partial charge in [0.1, 0.15) is 5.52 Å². The molecule has 5 aromatic rings. The lowest BCUT2D eigenvalue weighted by atomic mass is 10.00. The first-order valence-electron chi connectivity index (χ1n) is 10.8. The van der Waals surface area contributed by atoms with E-state index in [9.17, 15) is 4.79 Å². The van der Waals surface area contributed by atoms with Crippen molar-refractivity contribution < 1.29 is 0 Å². The highest BCUT2D eigenvalue weighted by Crippen LogP contribution is 2.38. The van der Waals surface area contributed by atoms with Gasteiger partial charge in [-0.2, -0.15) is 5.10 Å². The van der Waals surface area contributed by atoms with Crippen LogP contribution in [0.2, 0.25) is 0 Å². The van der Waals surface area contributed by atoms with Crippen molar-refractivity contribution in [2.24, 2.45) is 7.05 Å². The van der Waals surface area contributed by atoms with Gasteiger partial charge >= 0.3 is 0 Å². The lowest BCUT2D eigenvalue weighted by molar-refractivity contribution is 0.636. The van der Waals surface area contributed by atoms with E-state index in [0.717, 1.165) is 51.5 Å². The molecular formula is C24H23N7O. The van der Waals surface area contributed by atoms with Crippen LogP contribution in [0.5, 0.6) is 0 Å². The number of aromatic amines is 1. The maximum absolute atomic E-state index is 13.8. The summed E-state index contributed by atoms with van der Waals surface area (Å²) in [7, 11) is 1.89. The molecule has 0 aliphatic heterocycles. The van der Waals surface area contributed by atoms with Gasteiger partial charge < -0.3 is 14.9 Å². The number of pyridine rings is 2. The number of hydrogen-bond donors (Lipinski definition) is 2. The van der Waals surface area contributed by atoms with E-state index in [0.29, 0.717) is 5.82 Å². The van der Waals surface area contributed by atoms with E-state index in [1.54, 1.807) is 17.2 Å². The summed E-state index contributed by atoms with van der Waals surface area (Å²) in [6, 6.07) is 10.2. The summed E-state index contributed by atoms with van der Waals surface area (Å²) >= 11 is 0. The fraction of sp³-hybridized carbons (Fsp3) is 0.250. The molecule has 1 aliphatic carbocycles. The Balaban J connectivity index is 1.51. The molecule has 2 N–H and O–H groups in total. The molecule has 4 aromatic heterocycles. The fourth-order valence-corrected chi connectivity index (χ4v) is 4.49. The van der Waals surface area contributed by atoms with Crippen molar-refractivity contribution in [2.45, 2.75) is 31.8 Å². The average molecular weight is 425 g/mol. The van der Waals surface area contributed by atoms with Crippen molar-refractivity contribution in [2.75, 3.05) is 5.32 Å². The zero-order chi connectivity index (χ0) is 21.8. The predicted octanol–water partition coefficient (Wildman–Crippen LogP) is 4.18. The minimum absolute atomic E-state index is 0.0547. The van der Waals surface area contributed by atoms with Gasteiger partial charge in [0, 0.05) is 36.7 Å². The summed E-state index contributed by atoms with van der Waals surface area (Å²) in [4.78, 5) is 25.8. The van der Waals surface area contributed by atoms with E-state index >= 15 is 0 Å². The summed E-state index contributed by atoms with van der Waals surface area (Å²) in [6.07, 6.45) is 9.22. The molecule has 0 radical (unpaired) electrons. The Morgan fingerprint density at radius 2 is 2.09 bits per heavy atom. The lowest BCUT2D eigenvalue weighted by Crippen LogP contribution is -2.26.